The van der Waals surface area contributed by atoms with Gasteiger partial charge in [-0.15, -0.1) is 0 Å². The van der Waals surface area contributed by atoms with Gasteiger partial charge in [0.2, 0.25) is 15.9 Å². The van der Waals surface area contributed by atoms with E-state index >= 15 is 0 Å². The van der Waals surface area contributed by atoms with Crippen molar-refractivity contribution in [2.24, 2.45) is 7.05 Å². The molecule has 2 aromatic rings. The first-order valence-electron chi connectivity index (χ1n) is 11.4. The normalized spacial score (nSPS) is 20.1. The molecule has 1 amide bonds. The highest BCUT2D eigenvalue weighted by Gasteiger charge is 2.30. The number of sulfonamides is 1. The fraction of sp³-hybridized carbons (Fsp3) is 0.522. The van der Waals surface area contributed by atoms with E-state index in [0.29, 0.717) is 44.3 Å². The molecule has 0 spiro atoms. The molecular weight excluding hydrogens is 444 g/mol. The number of anilines is 1. The van der Waals surface area contributed by atoms with E-state index in [0.717, 1.165) is 19.4 Å². The predicted molar refractivity (Wildman–Crippen MR) is 125 cm³/mol. The molecule has 4 rings (SSSR count). The molecule has 0 aliphatic carbocycles. The molecule has 1 N–H and O–H groups in total. The van der Waals surface area contributed by atoms with E-state index in [1.54, 1.807) is 6.07 Å². The number of benzene rings is 1. The number of aryl methyl sites for hydroxylation is 1. The quantitative estimate of drug-likeness (QED) is 0.628. The number of ether oxygens (including phenoxy) is 2. The lowest BCUT2D eigenvalue weighted by Crippen LogP contribution is -2.40. The Morgan fingerprint density at radius 3 is 2.70 bits per heavy atom. The summed E-state index contributed by atoms with van der Waals surface area (Å²) in [6, 6.07) is 8.92. The van der Waals surface area contributed by atoms with Crippen molar-refractivity contribution in [1.29, 1.82) is 0 Å². The van der Waals surface area contributed by atoms with Gasteiger partial charge in [0.15, 0.2) is 0 Å². The van der Waals surface area contributed by atoms with Crippen molar-refractivity contribution >= 4 is 21.6 Å². The van der Waals surface area contributed by atoms with Crippen molar-refractivity contribution in [3.63, 3.8) is 0 Å². The molecule has 9 nitrogen and oxygen atoms in total. The second-order valence-electron chi connectivity index (χ2n) is 8.33. The van der Waals surface area contributed by atoms with Gasteiger partial charge in [0.1, 0.15) is 5.75 Å². The number of morpholine rings is 1. The Bertz CT molecular complexity index is 1080. The lowest BCUT2D eigenvalue weighted by Gasteiger charge is -2.26. The van der Waals surface area contributed by atoms with E-state index in [-0.39, 0.29) is 23.4 Å². The summed E-state index contributed by atoms with van der Waals surface area (Å²) >= 11 is 0. The predicted octanol–water partition coefficient (Wildman–Crippen LogP) is 2.22. The fourth-order valence-corrected chi connectivity index (χ4v) is 5.96. The van der Waals surface area contributed by atoms with Gasteiger partial charge >= 0.3 is 0 Å². The van der Waals surface area contributed by atoms with E-state index in [4.69, 9.17) is 9.47 Å². The van der Waals surface area contributed by atoms with Crippen LogP contribution in [0.15, 0.2) is 41.4 Å². The number of nitrogens with one attached hydrogen (secondary N) is 1. The number of nitrogens with zero attached hydrogens (tertiary/aromatic N) is 3. The van der Waals surface area contributed by atoms with E-state index in [9.17, 15) is 13.2 Å². The number of aromatic nitrogens is 1. The standard InChI is InChI=1S/C23H32N4O5S/c1-3-32-22-9-8-18(33(29,30)27-12-14-31-15-13-27)16-19(22)24-23(28)17-26-11-5-7-21(26)20-6-4-10-25(20)2/h4,6,8-10,16,21H,3,5,7,11-15,17H2,1-2H3,(H,24,28). The van der Waals surface area contributed by atoms with Crippen molar-refractivity contribution in [3.8, 4) is 5.75 Å². The Labute approximate surface area is 195 Å². The molecule has 2 aliphatic heterocycles. The molecule has 2 aliphatic rings. The van der Waals surface area contributed by atoms with Crippen LogP contribution in [0.3, 0.4) is 0 Å². The van der Waals surface area contributed by atoms with Crippen molar-refractivity contribution in [2.45, 2.75) is 30.7 Å². The van der Waals surface area contributed by atoms with Crippen LogP contribution in [-0.4, -0.2) is 74.1 Å². The van der Waals surface area contributed by atoms with Gasteiger partial charge in [-0.1, -0.05) is 0 Å². The van der Waals surface area contributed by atoms with Gasteiger partial charge in [-0.05, 0) is 56.6 Å². The van der Waals surface area contributed by atoms with E-state index in [1.165, 1.54) is 22.1 Å². The average Bonchev–Trinajstić information content (AvgIpc) is 3.43. The minimum absolute atomic E-state index is 0.131. The highest BCUT2D eigenvalue weighted by molar-refractivity contribution is 7.89. The third-order valence-electron chi connectivity index (χ3n) is 6.17. The highest BCUT2D eigenvalue weighted by Crippen LogP contribution is 2.33. The largest absolute Gasteiger partial charge is 0.492 e. The summed E-state index contributed by atoms with van der Waals surface area (Å²) in [5.74, 6) is 0.255. The van der Waals surface area contributed by atoms with Crippen LogP contribution in [0, 0.1) is 0 Å². The molecule has 1 aromatic carbocycles. The molecular formula is C23H32N4O5S. The SMILES string of the molecule is CCOc1ccc(S(=O)(=O)N2CCOCC2)cc1NC(=O)CN1CCCC1c1cccn1C. The summed E-state index contributed by atoms with van der Waals surface area (Å²) in [5.41, 5.74) is 1.56. The lowest BCUT2D eigenvalue weighted by atomic mass is 10.1. The monoisotopic (exact) mass is 476 g/mol. The van der Waals surface area contributed by atoms with Crippen LogP contribution in [0.2, 0.25) is 0 Å². The summed E-state index contributed by atoms with van der Waals surface area (Å²) in [7, 11) is -1.67. The summed E-state index contributed by atoms with van der Waals surface area (Å²) in [6.07, 6.45) is 4.05. The first kappa shape index (κ1) is 23.7. The second-order valence-corrected chi connectivity index (χ2v) is 10.3. The number of likely N-dealkylation sites (tertiary alicyclic amines) is 1. The first-order valence-corrected chi connectivity index (χ1v) is 12.8. The van der Waals surface area contributed by atoms with Gasteiger partial charge in [0.25, 0.3) is 0 Å². The minimum atomic E-state index is -3.68. The van der Waals surface area contributed by atoms with E-state index < -0.39 is 10.0 Å². The smallest absolute Gasteiger partial charge is 0.243 e. The maximum absolute atomic E-state index is 13.1. The fourth-order valence-electron chi connectivity index (χ4n) is 4.53. The topological polar surface area (TPSA) is 93.1 Å². The van der Waals surface area contributed by atoms with Gasteiger partial charge in [0.05, 0.1) is 43.0 Å². The molecule has 33 heavy (non-hydrogen) atoms. The van der Waals surface area contributed by atoms with Crippen LogP contribution >= 0.6 is 0 Å². The maximum atomic E-state index is 13.1. The van der Waals surface area contributed by atoms with Gasteiger partial charge in [-0.3, -0.25) is 9.69 Å². The zero-order chi connectivity index (χ0) is 23.4. The molecule has 180 valence electrons. The number of hydrogen-bond acceptors (Lipinski definition) is 6. The van der Waals surface area contributed by atoms with Crippen LogP contribution in [0.5, 0.6) is 5.75 Å². The number of hydrogen-bond donors (Lipinski definition) is 1. The van der Waals surface area contributed by atoms with Gasteiger partial charge in [-0.25, -0.2) is 8.42 Å². The molecule has 3 heterocycles. The Morgan fingerprint density at radius 2 is 2.00 bits per heavy atom. The summed E-state index contributed by atoms with van der Waals surface area (Å²) in [6.45, 7) is 4.68. The molecule has 1 aromatic heterocycles. The van der Waals surface area contributed by atoms with Crippen LogP contribution in [-0.2, 0) is 26.6 Å². The molecule has 0 bridgehead atoms. The Hall–Kier alpha value is -2.40. The highest BCUT2D eigenvalue weighted by atomic mass is 32.2. The Balaban J connectivity index is 1.51. The van der Waals surface area contributed by atoms with Crippen LogP contribution in [0.1, 0.15) is 31.5 Å². The van der Waals surface area contributed by atoms with Crippen molar-refractivity contribution in [1.82, 2.24) is 13.8 Å². The molecule has 0 saturated carbocycles. The van der Waals surface area contributed by atoms with Gasteiger partial charge in [-0.2, -0.15) is 4.31 Å². The van der Waals surface area contributed by atoms with Crippen LogP contribution < -0.4 is 10.1 Å². The molecule has 0 radical (unpaired) electrons. The first-order chi connectivity index (χ1) is 15.9. The number of amides is 1. The van der Waals surface area contributed by atoms with Crippen LogP contribution in [0.25, 0.3) is 0 Å². The minimum Gasteiger partial charge on any atom is -0.492 e. The van der Waals surface area contributed by atoms with Crippen molar-refractivity contribution in [2.75, 3.05) is 51.3 Å². The number of carbonyl (C=O) groups excluding carboxylic acids is 1. The molecule has 2 fully saturated rings. The summed E-state index contributed by atoms with van der Waals surface area (Å²) in [5, 5.41) is 2.90. The van der Waals surface area contributed by atoms with Gasteiger partial charge in [0, 0.05) is 32.0 Å². The maximum Gasteiger partial charge on any atom is 0.243 e. The van der Waals surface area contributed by atoms with Crippen molar-refractivity contribution < 1.29 is 22.7 Å². The third-order valence-corrected chi connectivity index (χ3v) is 8.06. The summed E-state index contributed by atoms with van der Waals surface area (Å²) in [4.78, 5) is 15.3. The zero-order valence-electron chi connectivity index (χ0n) is 19.2. The van der Waals surface area contributed by atoms with Gasteiger partial charge < -0.3 is 19.4 Å². The lowest BCUT2D eigenvalue weighted by molar-refractivity contribution is -0.117. The molecule has 10 heteroatoms. The Kier molecular flexibility index (Phi) is 7.38. The molecule has 1 unspecified atom stereocenters. The van der Waals surface area contributed by atoms with Crippen molar-refractivity contribution in [3.05, 3.63) is 42.2 Å². The van der Waals surface area contributed by atoms with Crippen LogP contribution in [0.4, 0.5) is 5.69 Å². The summed E-state index contributed by atoms with van der Waals surface area (Å²) < 4.78 is 40.6. The second kappa shape index (κ2) is 10.3. The average molecular weight is 477 g/mol. The zero-order valence-corrected chi connectivity index (χ0v) is 20.0. The van der Waals surface area contributed by atoms with E-state index in [2.05, 4.69) is 20.9 Å². The van der Waals surface area contributed by atoms with E-state index in [1.807, 2.05) is 26.2 Å². The third kappa shape index (κ3) is 5.24. The Morgan fingerprint density at radius 1 is 1.21 bits per heavy atom. The molecule has 1 atom stereocenters. The number of carbonyl (C=O) groups is 1. The molecule has 2 saturated heterocycles. The number of rotatable bonds is 8.